The number of benzene rings is 1. The molecule has 1 aromatic carbocycles. The Morgan fingerprint density at radius 2 is 2.04 bits per heavy atom. The van der Waals surface area contributed by atoms with E-state index in [4.69, 9.17) is 0 Å². The van der Waals surface area contributed by atoms with E-state index in [2.05, 4.69) is 42.7 Å². The Labute approximate surface area is 150 Å². The van der Waals surface area contributed by atoms with Crippen LogP contribution in [0.4, 0.5) is 0 Å². The molecule has 3 rings (SSSR count). The largest absolute Gasteiger partial charge is 0.342 e. The molecule has 0 aliphatic carbocycles. The van der Waals surface area contributed by atoms with Crippen molar-refractivity contribution in [2.24, 2.45) is 5.92 Å². The van der Waals surface area contributed by atoms with E-state index in [1.165, 1.54) is 16.7 Å². The zero-order chi connectivity index (χ0) is 18.1. The maximum atomic E-state index is 12.7. The summed E-state index contributed by atoms with van der Waals surface area (Å²) >= 11 is 0. The highest BCUT2D eigenvalue weighted by molar-refractivity contribution is 5.97. The molecule has 4 atom stereocenters. The number of carbonyl (C=O) groups excluding carboxylic acids is 2. The normalized spacial score (nSPS) is 27.2. The third-order valence-electron chi connectivity index (χ3n) is 5.83. The molecule has 5 nitrogen and oxygen atoms in total. The Kier molecular flexibility index (Phi) is 5.13. The van der Waals surface area contributed by atoms with Crippen molar-refractivity contribution in [3.05, 3.63) is 34.9 Å². The number of nitrogens with one attached hydrogen (secondary N) is 2. The molecule has 2 saturated heterocycles. The summed E-state index contributed by atoms with van der Waals surface area (Å²) < 4.78 is 0. The van der Waals surface area contributed by atoms with E-state index in [1.54, 1.807) is 4.90 Å². The van der Waals surface area contributed by atoms with Crippen LogP contribution in [-0.4, -0.2) is 41.4 Å². The van der Waals surface area contributed by atoms with Crippen molar-refractivity contribution in [2.45, 2.75) is 65.2 Å². The van der Waals surface area contributed by atoms with E-state index in [-0.39, 0.29) is 35.9 Å². The molecule has 0 bridgehead atoms. The summed E-state index contributed by atoms with van der Waals surface area (Å²) in [6.45, 7) is 9.68. The van der Waals surface area contributed by atoms with E-state index in [9.17, 15) is 9.59 Å². The van der Waals surface area contributed by atoms with E-state index < -0.39 is 0 Å². The monoisotopic (exact) mass is 343 g/mol. The number of rotatable bonds is 5. The topological polar surface area (TPSA) is 61.4 Å². The van der Waals surface area contributed by atoms with Crippen LogP contribution < -0.4 is 10.6 Å². The first kappa shape index (κ1) is 17.9. The van der Waals surface area contributed by atoms with E-state index >= 15 is 0 Å². The molecule has 2 aliphatic heterocycles. The fraction of sp³-hybridized carbons (Fsp3) is 0.600. The minimum Gasteiger partial charge on any atom is -0.342 e. The molecule has 0 saturated carbocycles. The van der Waals surface area contributed by atoms with Crippen molar-refractivity contribution in [3.63, 3.8) is 0 Å². The molecule has 2 fully saturated rings. The smallest absolute Gasteiger partial charge is 0.246 e. The highest BCUT2D eigenvalue weighted by Crippen LogP contribution is 2.26. The van der Waals surface area contributed by atoms with Crippen LogP contribution in [0.2, 0.25) is 0 Å². The average Bonchev–Trinajstić information content (AvgIpc) is 3.03. The zero-order valence-electron chi connectivity index (χ0n) is 15.6. The highest BCUT2D eigenvalue weighted by Gasteiger charge is 2.47. The van der Waals surface area contributed by atoms with Gasteiger partial charge in [0.2, 0.25) is 11.8 Å². The van der Waals surface area contributed by atoms with Gasteiger partial charge in [-0.05, 0) is 42.9 Å². The molecule has 1 aromatic rings. The minimum absolute atomic E-state index is 0.000352. The van der Waals surface area contributed by atoms with Crippen LogP contribution in [-0.2, 0) is 16.1 Å². The van der Waals surface area contributed by atoms with Gasteiger partial charge in [-0.1, -0.05) is 38.5 Å². The molecule has 0 radical (unpaired) electrons. The van der Waals surface area contributed by atoms with Gasteiger partial charge in [-0.15, -0.1) is 0 Å². The zero-order valence-corrected chi connectivity index (χ0v) is 15.6. The van der Waals surface area contributed by atoms with Crippen LogP contribution in [0, 0.1) is 19.8 Å². The van der Waals surface area contributed by atoms with Gasteiger partial charge in [0.15, 0.2) is 0 Å². The van der Waals surface area contributed by atoms with Crippen LogP contribution in [0.15, 0.2) is 18.2 Å². The van der Waals surface area contributed by atoms with Gasteiger partial charge in [0.1, 0.15) is 12.1 Å². The predicted octanol–water partition coefficient (Wildman–Crippen LogP) is 1.91. The van der Waals surface area contributed by atoms with Crippen molar-refractivity contribution in [1.29, 1.82) is 0 Å². The number of hydrogen-bond acceptors (Lipinski definition) is 3. The number of piperazine rings is 1. The Hall–Kier alpha value is -1.88. The number of nitrogens with zero attached hydrogens (tertiary/aromatic N) is 1. The third-order valence-corrected chi connectivity index (χ3v) is 5.83. The number of hydrogen-bond donors (Lipinski definition) is 2. The van der Waals surface area contributed by atoms with E-state index in [0.29, 0.717) is 13.0 Å². The van der Waals surface area contributed by atoms with Crippen LogP contribution in [0.25, 0.3) is 0 Å². The van der Waals surface area contributed by atoms with Gasteiger partial charge >= 0.3 is 0 Å². The molecule has 0 spiro atoms. The van der Waals surface area contributed by atoms with Gasteiger partial charge in [0.25, 0.3) is 0 Å². The molecule has 0 unspecified atom stereocenters. The van der Waals surface area contributed by atoms with Gasteiger partial charge in [-0.25, -0.2) is 0 Å². The van der Waals surface area contributed by atoms with Crippen molar-refractivity contribution in [2.75, 3.05) is 6.54 Å². The van der Waals surface area contributed by atoms with Gasteiger partial charge in [0, 0.05) is 19.1 Å². The molecular formula is C20H29N3O2. The van der Waals surface area contributed by atoms with E-state index in [0.717, 1.165) is 13.0 Å². The fourth-order valence-electron chi connectivity index (χ4n) is 3.76. The number of carbonyl (C=O) groups is 2. The minimum atomic E-state index is -0.368. The summed E-state index contributed by atoms with van der Waals surface area (Å²) in [6.07, 6.45) is 1.57. The van der Waals surface area contributed by atoms with Gasteiger partial charge in [-0.2, -0.15) is 0 Å². The lowest BCUT2D eigenvalue weighted by atomic mass is 9.95. The maximum Gasteiger partial charge on any atom is 0.246 e. The summed E-state index contributed by atoms with van der Waals surface area (Å²) in [5.41, 5.74) is 3.82. The highest BCUT2D eigenvalue weighted by atomic mass is 16.2. The third kappa shape index (κ3) is 3.56. The van der Waals surface area contributed by atoms with Gasteiger partial charge in [-0.3, -0.25) is 9.59 Å². The Balaban J connectivity index is 1.63. The fourth-order valence-corrected chi connectivity index (χ4v) is 3.76. The quantitative estimate of drug-likeness (QED) is 0.858. The van der Waals surface area contributed by atoms with Crippen LogP contribution in [0.5, 0.6) is 0 Å². The predicted molar refractivity (Wildman–Crippen MR) is 98.0 cm³/mol. The first-order valence-electron chi connectivity index (χ1n) is 9.31. The molecule has 2 heterocycles. The molecule has 0 aromatic heterocycles. The first-order chi connectivity index (χ1) is 11.9. The number of amides is 2. The molecule has 2 aliphatic rings. The summed E-state index contributed by atoms with van der Waals surface area (Å²) in [5.74, 6) is 0.245. The molecule has 136 valence electrons. The van der Waals surface area contributed by atoms with Crippen LogP contribution in [0.3, 0.4) is 0 Å². The number of aryl methyl sites for hydroxylation is 2. The lowest BCUT2D eigenvalue weighted by Gasteiger charge is -2.36. The molecule has 5 heteroatoms. The maximum absolute atomic E-state index is 12.7. The standard InChI is InChI=1S/C20H29N3O2/c1-5-12(2)18-20(25)23-11-16(9-17(23)19(24)22-18)21-10-15-7-6-13(3)14(4)8-15/h6-8,12,16-18,21H,5,9-11H2,1-4H3,(H,22,24)/t12-,16-,17-,18-/m0/s1. The van der Waals surface area contributed by atoms with Crippen molar-refractivity contribution in [3.8, 4) is 0 Å². The first-order valence-corrected chi connectivity index (χ1v) is 9.31. The lowest BCUT2D eigenvalue weighted by Crippen LogP contribution is -2.62. The second-order valence-corrected chi connectivity index (χ2v) is 7.61. The Bertz CT molecular complexity index is 673. The second kappa shape index (κ2) is 7.16. The Morgan fingerprint density at radius 3 is 2.72 bits per heavy atom. The molecule has 25 heavy (non-hydrogen) atoms. The molecule has 2 amide bonds. The summed E-state index contributed by atoms with van der Waals surface area (Å²) in [6, 6.07) is 5.95. The van der Waals surface area contributed by atoms with Gasteiger partial charge < -0.3 is 15.5 Å². The molecular weight excluding hydrogens is 314 g/mol. The van der Waals surface area contributed by atoms with Crippen molar-refractivity contribution < 1.29 is 9.59 Å². The lowest BCUT2D eigenvalue weighted by molar-refractivity contribution is -0.148. The van der Waals surface area contributed by atoms with Crippen molar-refractivity contribution >= 4 is 11.8 Å². The van der Waals surface area contributed by atoms with E-state index in [1.807, 2.05) is 13.8 Å². The van der Waals surface area contributed by atoms with Crippen LogP contribution >= 0.6 is 0 Å². The SMILES string of the molecule is CC[C@H](C)[C@@H]1NC(=O)[C@@H]2C[C@H](NCc3ccc(C)c(C)c3)CN2C1=O. The summed E-state index contributed by atoms with van der Waals surface area (Å²) in [5, 5.41) is 6.46. The van der Waals surface area contributed by atoms with Crippen LogP contribution in [0.1, 0.15) is 43.4 Å². The van der Waals surface area contributed by atoms with Crippen molar-refractivity contribution in [1.82, 2.24) is 15.5 Å². The Morgan fingerprint density at radius 1 is 1.28 bits per heavy atom. The summed E-state index contributed by atoms with van der Waals surface area (Å²) in [7, 11) is 0. The number of fused-ring (bicyclic) bond motifs is 1. The second-order valence-electron chi connectivity index (χ2n) is 7.61. The average molecular weight is 343 g/mol. The van der Waals surface area contributed by atoms with Gasteiger partial charge in [0.05, 0.1) is 0 Å². The molecule has 2 N–H and O–H groups in total. The summed E-state index contributed by atoms with van der Waals surface area (Å²) in [4.78, 5) is 26.9.